The second-order valence-corrected chi connectivity index (χ2v) is 11.2. The van der Waals surface area contributed by atoms with E-state index >= 15 is 0 Å². The van der Waals surface area contributed by atoms with E-state index in [1.54, 1.807) is 6.07 Å². The molecule has 0 unspecified atom stereocenters. The first kappa shape index (κ1) is 26.8. The normalized spacial score (nSPS) is 20.5. The van der Waals surface area contributed by atoms with Gasteiger partial charge in [-0.05, 0) is 49.4 Å². The fourth-order valence-corrected chi connectivity index (χ4v) is 6.41. The summed E-state index contributed by atoms with van der Waals surface area (Å²) in [5.74, 6) is 0.954. The third-order valence-corrected chi connectivity index (χ3v) is 8.52. The van der Waals surface area contributed by atoms with Crippen LogP contribution in [0.1, 0.15) is 48.7 Å². The smallest absolute Gasteiger partial charge is 0.383 e. The minimum Gasteiger partial charge on any atom is -0.383 e. The topological polar surface area (TPSA) is 111 Å². The van der Waals surface area contributed by atoms with Crippen LogP contribution >= 0.6 is 0 Å². The number of halogens is 3. The van der Waals surface area contributed by atoms with Crippen LogP contribution in [0, 0.1) is 0 Å². The number of aromatic amines is 1. The maximum Gasteiger partial charge on any atom is 0.416 e. The molecule has 0 radical (unpaired) electrons. The van der Waals surface area contributed by atoms with Crippen molar-refractivity contribution >= 4 is 27.9 Å². The number of nitrogen functional groups attached to an aromatic ring is 1. The van der Waals surface area contributed by atoms with Gasteiger partial charge in [-0.1, -0.05) is 24.3 Å². The molecule has 7 rings (SSSR count). The minimum atomic E-state index is -4.39. The van der Waals surface area contributed by atoms with Gasteiger partial charge in [0, 0.05) is 31.1 Å². The molecule has 0 atom stereocenters. The van der Waals surface area contributed by atoms with Gasteiger partial charge in [0.15, 0.2) is 5.65 Å². The van der Waals surface area contributed by atoms with Crippen LogP contribution in [0.5, 0.6) is 0 Å². The maximum atomic E-state index is 13.2. The number of H-pyrrole nitrogens is 1. The van der Waals surface area contributed by atoms with Crippen molar-refractivity contribution < 1.29 is 17.9 Å². The van der Waals surface area contributed by atoms with Crippen LogP contribution in [0.2, 0.25) is 0 Å². The van der Waals surface area contributed by atoms with Crippen molar-refractivity contribution in [2.24, 2.45) is 0 Å². The first-order valence-electron chi connectivity index (χ1n) is 14.3. The number of nitrogens with zero attached hydrogens (tertiary/aromatic N) is 6. The van der Waals surface area contributed by atoms with Crippen molar-refractivity contribution in [2.45, 2.75) is 50.4 Å². The summed E-state index contributed by atoms with van der Waals surface area (Å²) in [6.45, 7) is 3.59. The van der Waals surface area contributed by atoms with Gasteiger partial charge in [0.1, 0.15) is 23.7 Å². The number of nitrogens with two attached hydrogens (primary N) is 1. The molecule has 218 valence electrons. The van der Waals surface area contributed by atoms with Crippen molar-refractivity contribution in [3.8, 4) is 11.3 Å². The monoisotopic (exact) mass is 576 g/mol. The van der Waals surface area contributed by atoms with E-state index in [-0.39, 0.29) is 12.5 Å². The highest BCUT2D eigenvalue weighted by molar-refractivity contribution is 5.99. The summed E-state index contributed by atoms with van der Waals surface area (Å²) in [6, 6.07) is 11.9. The Morgan fingerprint density at radius 3 is 2.55 bits per heavy atom. The molecule has 1 aliphatic heterocycles. The number of nitrogens with one attached hydrogen (secondary N) is 1. The van der Waals surface area contributed by atoms with E-state index < -0.39 is 11.7 Å². The van der Waals surface area contributed by atoms with Gasteiger partial charge in [-0.15, -0.1) is 0 Å². The lowest BCUT2D eigenvalue weighted by Crippen LogP contribution is -2.45. The predicted octanol–water partition coefficient (Wildman–Crippen LogP) is 5.38. The highest BCUT2D eigenvalue weighted by atomic mass is 19.4. The quantitative estimate of drug-likeness (QED) is 0.289. The van der Waals surface area contributed by atoms with Gasteiger partial charge in [0.25, 0.3) is 0 Å². The molecular weight excluding hydrogens is 545 g/mol. The van der Waals surface area contributed by atoms with E-state index in [2.05, 4.69) is 24.8 Å². The minimum absolute atomic E-state index is 0.211. The molecule has 1 saturated heterocycles. The van der Waals surface area contributed by atoms with Gasteiger partial charge >= 0.3 is 6.18 Å². The van der Waals surface area contributed by atoms with E-state index in [4.69, 9.17) is 15.6 Å². The summed E-state index contributed by atoms with van der Waals surface area (Å²) in [6.07, 6.45) is 1.53. The van der Waals surface area contributed by atoms with Crippen LogP contribution in [0.15, 0.2) is 48.8 Å². The Labute approximate surface area is 239 Å². The zero-order valence-electron chi connectivity index (χ0n) is 22.9. The van der Waals surface area contributed by atoms with Gasteiger partial charge in [0.05, 0.1) is 41.2 Å². The number of imidazole rings is 1. The fraction of sp³-hybridized carbons (Fsp3) is 0.400. The third-order valence-electron chi connectivity index (χ3n) is 8.52. The molecule has 42 heavy (non-hydrogen) atoms. The summed E-state index contributed by atoms with van der Waals surface area (Å²) in [7, 11) is 0. The van der Waals surface area contributed by atoms with Crippen molar-refractivity contribution in [3.63, 3.8) is 0 Å². The van der Waals surface area contributed by atoms with Crippen LogP contribution < -0.4 is 5.73 Å². The third kappa shape index (κ3) is 5.09. The lowest BCUT2D eigenvalue weighted by atomic mass is 9.90. The maximum absolute atomic E-state index is 13.2. The van der Waals surface area contributed by atoms with Crippen LogP contribution in [-0.2, 0) is 17.3 Å². The Hall–Kier alpha value is -4.03. The molecule has 0 spiro atoms. The van der Waals surface area contributed by atoms with E-state index in [9.17, 15) is 13.2 Å². The average Bonchev–Trinajstić information content (AvgIpc) is 3.59. The van der Waals surface area contributed by atoms with Gasteiger partial charge in [-0.2, -0.15) is 18.3 Å². The Kier molecular flexibility index (Phi) is 6.82. The number of alkyl halides is 3. The molecule has 5 aromatic rings. The number of hydrogen-bond acceptors (Lipinski definition) is 7. The summed E-state index contributed by atoms with van der Waals surface area (Å²) >= 11 is 0. The Bertz CT molecular complexity index is 1730. The molecule has 2 aromatic carbocycles. The molecule has 2 aliphatic rings. The first-order valence-corrected chi connectivity index (χ1v) is 14.3. The summed E-state index contributed by atoms with van der Waals surface area (Å²) < 4.78 is 47.1. The van der Waals surface area contributed by atoms with E-state index in [1.165, 1.54) is 12.4 Å². The van der Waals surface area contributed by atoms with Gasteiger partial charge in [-0.3, -0.25) is 4.90 Å². The number of benzene rings is 2. The lowest BCUT2D eigenvalue weighted by molar-refractivity contribution is -0.137. The number of fused-ring (bicyclic) bond motifs is 2. The molecule has 1 aliphatic carbocycles. The largest absolute Gasteiger partial charge is 0.416 e. The van der Waals surface area contributed by atoms with Crippen molar-refractivity contribution in [1.82, 2.24) is 34.6 Å². The molecule has 1 saturated carbocycles. The van der Waals surface area contributed by atoms with Crippen molar-refractivity contribution in [3.05, 3.63) is 65.7 Å². The van der Waals surface area contributed by atoms with E-state index in [0.29, 0.717) is 28.9 Å². The molecule has 2 fully saturated rings. The van der Waals surface area contributed by atoms with Crippen molar-refractivity contribution in [1.29, 1.82) is 0 Å². The number of hydrogen-bond donors (Lipinski definition) is 2. The van der Waals surface area contributed by atoms with Crippen LogP contribution in [-0.4, -0.2) is 67.0 Å². The molecule has 12 heteroatoms. The number of anilines is 1. The predicted molar refractivity (Wildman–Crippen MR) is 153 cm³/mol. The SMILES string of the molecule is Nc1ncnc2c1c(-c1ccc3nc(Cc4cccc(C(F)(F)F)c4)[nH]c3c1)nn2[C@H]1CC[C@H](N2CCOCC2)CC1. The standard InChI is InChI=1S/C30H31F3N8O/c31-30(32,33)20-3-1-2-18(14-20)15-25-37-23-9-4-19(16-24(23)38-25)27-26-28(34)35-17-36-29(26)41(39-27)22-7-5-21(6-8-22)40-10-12-42-13-11-40/h1-4,9,14,16-17,21-22H,5-8,10-13,15H2,(H,37,38)(H2,34,35,36)/t21-,22-. The number of morpholine rings is 1. The summed E-state index contributed by atoms with van der Waals surface area (Å²) in [4.78, 5) is 19.3. The number of rotatable bonds is 5. The van der Waals surface area contributed by atoms with Gasteiger partial charge < -0.3 is 15.5 Å². The van der Waals surface area contributed by atoms with Gasteiger partial charge in [-0.25, -0.2) is 19.6 Å². The molecular formula is C30H31F3N8O. The number of aromatic nitrogens is 6. The average molecular weight is 577 g/mol. The molecule has 9 nitrogen and oxygen atoms in total. The second-order valence-electron chi connectivity index (χ2n) is 11.2. The van der Waals surface area contributed by atoms with Crippen molar-refractivity contribution in [2.75, 3.05) is 32.0 Å². The van der Waals surface area contributed by atoms with Crippen LogP contribution in [0.3, 0.4) is 0 Å². The zero-order valence-corrected chi connectivity index (χ0v) is 22.9. The second kappa shape index (κ2) is 10.7. The molecule has 4 heterocycles. The molecule has 0 bridgehead atoms. The molecule has 3 aromatic heterocycles. The van der Waals surface area contributed by atoms with E-state index in [0.717, 1.165) is 91.7 Å². The van der Waals surface area contributed by atoms with E-state index in [1.807, 2.05) is 22.9 Å². The fourth-order valence-electron chi connectivity index (χ4n) is 6.41. The Balaban J connectivity index is 1.17. The number of ether oxygens (including phenoxy) is 1. The Morgan fingerprint density at radius 1 is 0.976 bits per heavy atom. The highest BCUT2D eigenvalue weighted by Gasteiger charge is 2.31. The van der Waals surface area contributed by atoms with Gasteiger partial charge in [0.2, 0.25) is 0 Å². The summed E-state index contributed by atoms with van der Waals surface area (Å²) in [5, 5.41) is 5.77. The molecule has 3 N–H and O–H groups in total. The summed E-state index contributed by atoms with van der Waals surface area (Å²) in [5.41, 5.74) is 9.98. The lowest BCUT2D eigenvalue weighted by Gasteiger charge is -2.38. The Morgan fingerprint density at radius 2 is 1.76 bits per heavy atom. The van der Waals surface area contributed by atoms with Crippen LogP contribution in [0.25, 0.3) is 33.3 Å². The zero-order chi connectivity index (χ0) is 28.8. The van der Waals surface area contributed by atoms with Crippen LogP contribution in [0.4, 0.5) is 19.0 Å². The highest BCUT2D eigenvalue weighted by Crippen LogP contribution is 2.37. The first-order chi connectivity index (χ1) is 20.3. The molecule has 0 amide bonds.